The number of rotatable bonds is 5. The van der Waals surface area contributed by atoms with Gasteiger partial charge in [-0.25, -0.2) is 0 Å². The second-order valence-electron chi connectivity index (χ2n) is 6.10. The summed E-state index contributed by atoms with van der Waals surface area (Å²) >= 11 is 13.5. The molecule has 1 aliphatic heterocycles. The molecule has 0 aliphatic carbocycles. The summed E-state index contributed by atoms with van der Waals surface area (Å²) in [4.78, 5) is 28.6. The summed E-state index contributed by atoms with van der Waals surface area (Å²) in [6.07, 6.45) is 0. The van der Waals surface area contributed by atoms with E-state index in [4.69, 9.17) is 23.2 Å². The van der Waals surface area contributed by atoms with Crippen molar-refractivity contribution in [2.75, 3.05) is 32.7 Å². The van der Waals surface area contributed by atoms with Gasteiger partial charge in [0, 0.05) is 37.7 Å². The molecule has 1 N–H and O–H groups in total. The maximum atomic E-state index is 12.3. The number of amides is 2. The van der Waals surface area contributed by atoms with E-state index in [2.05, 4.69) is 27.0 Å². The molecule has 2 heterocycles. The SMILES string of the molecule is O=C(NCC(=O)N1CCN(Cc2ccsc2)CC1)c1ccc(Cl)cc1Cl. The van der Waals surface area contributed by atoms with Gasteiger partial charge in [-0.05, 0) is 40.6 Å². The van der Waals surface area contributed by atoms with Crippen LogP contribution in [0.3, 0.4) is 0 Å². The number of halogens is 2. The van der Waals surface area contributed by atoms with Crippen LogP contribution < -0.4 is 5.32 Å². The fourth-order valence-corrected chi connectivity index (χ4v) is 3.99. The minimum absolute atomic E-state index is 0.0394. The minimum Gasteiger partial charge on any atom is -0.343 e. The van der Waals surface area contributed by atoms with Crippen LogP contribution in [0.2, 0.25) is 10.0 Å². The number of thiophene rings is 1. The number of carbonyl (C=O) groups excluding carboxylic acids is 2. The Balaban J connectivity index is 1.44. The van der Waals surface area contributed by atoms with Gasteiger partial charge >= 0.3 is 0 Å². The Hall–Kier alpha value is -1.60. The number of carbonyl (C=O) groups is 2. The largest absolute Gasteiger partial charge is 0.343 e. The molecule has 2 aromatic rings. The fraction of sp³-hybridized carbons (Fsp3) is 0.333. The van der Waals surface area contributed by atoms with E-state index in [1.165, 1.54) is 11.6 Å². The van der Waals surface area contributed by atoms with Gasteiger partial charge in [-0.3, -0.25) is 14.5 Å². The Bertz CT molecular complexity index is 775. The van der Waals surface area contributed by atoms with Crippen molar-refractivity contribution < 1.29 is 9.59 Å². The summed E-state index contributed by atoms with van der Waals surface area (Å²) in [5, 5.41) is 7.59. The molecule has 0 unspecified atom stereocenters. The molecule has 1 aromatic carbocycles. The van der Waals surface area contributed by atoms with E-state index in [0.717, 1.165) is 19.6 Å². The van der Waals surface area contributed by atoms with Gasteiger partial charge in [-0.15, -0.1) is 0 Å². The van der Waals surface area contributed by atoms with Crippen molar-refractivity contribution in [3.63, 3.8) is 0 Å². The van der Waals surface area contributed by atoms with Gasteiger partial charge in [0.15, 0.2) is 0 Å². The lowest BCUT2D eigenvalue weighted by Gasteiger charge is -2.34. The van der Waals surface area contributed by atoms with Crippen molar-refractivity contribution in [1.82, 2.24) is 15.1 Å². The van der Waals surface area contributed by atoms with Crippen molar-refractivity contribution in [3.8, 4) is 0 Å². The smallest absolute Gasteiger partial charge is 0.253 e. The lowest BCUT2D eigenvalue weighted by Crippen LogP contribution is -2.50. The first-order valence-corrected chi connectivity index (χ1v) is 9.97. The highest BCUT2D eigenvalue weighted by molar-refractivity contribution is 7.07. The van der Waals surface area contributed by atoms with Crippen LogP contribution in [0.5, 0.6) is 0 Å². The molecule has 1 aromatic heterocycles. The second kappa shape index (κ2) is 8.86. The molecular weight excluding hydrogens is 393 g/mol. The molecule has 0 atom stereocenters. The minimum atomic E-state index is -0.379. The van der Waals surface area contributed by atoms with E-state index < -0.39 is 0 Å². The summed E-state index contributed by atoms with van der Waals surface area (Å²) < 4.78 is 0. The maximum Gasteiger partial charge on any atom is 0.253 e. The molecule has 0 saturated carbocycles. The first kappa shape index (κ1) is 19.2. The molecule has 138 valence electrons. The van der Waals surface area contributed by atoms with Gasteiger partial charge in [0.25, 0.3) is 5.91 Å². The third-order valence-corrected chi connectivity index (χ3v) is 5.57. The van der Waals surface area contributed by atoms with Crippen LogP contribution >= 0.6 is 34.5 Å². The molecule has 1 saturated heterocycles. The summed E-state index contributed by atoms with van der Waals surface area (Å²) in [5.74, 6) is -0.463. The van der Waals surface area contributed by atoms with Gasteiger partial charge in [0.2, 0.25) is 5.91 Å². The molecular formula is C18H19Cl2N3O2S. The highest BCUT2D eigenvalue weighted by atomic mass is 35.5. The van der Waals surface area contributed by atoms with Crippen LogP contribution in [-0.2, 0) is 11.3 Å². The van der Waals surface area contributed by atoms with Crippen LogP contribution in [0.1, 0.15) is 15.9 Å². The molecule has 5 nitrogen and oxygen atoms in total. The molecule has 26 heavy (non-hydrogen) atoms. The van der Waals surface area contributed by atoms with Gasteiger partial charge in [-0.2, -0.15) is 11.3 Å². The van der Waals surface area contributed by atoms with Crippen LogP contribution in [-0.4, -0.2) is 54.3 Å². The fourth-order valence-electron chi connectivity index (χ4n) is 2.83. The van der Waals surface area contributed by atoms with Crippen molar-refractivity contribution in [2.45, 2.75) is 6.54 Å². The molecule has 8 heteroatoms. The first-order chi connectivity index (χ1) is 12.5. The molecule has 3 rings (SSSR count). The topological polar surface area (TPSA) is 52.7 Å². The quantitative estimate of drug-likeness (QED) is 0.821. The Morgan fingerprint density at radius 3 is 2.54 bits per heavy atom. The van der Waals surface area contributed by atoms with Crippen molar-refractivity contribution in [3.05, 3.63) is 56.2 Å². The van der Waals surface area contributed by atoms with E-state index in [1.807, 2.05) is 0 Å². The summed E-state index contributed by atoms with van der Waals surface area (Å²) in [6.45, 7) is 3.87. The van der Waals surface area contributed by atoms with Gasteiger partial charge in [0.05, 0.1) is 17.1 Å². The standard InChI is InChI=1S/C18H19Cl2N3O2S/c19-14-1-2-15(16(20)9-14)18(25)21-10-17(24)23-6-4-22(5-7-23)11-13-3-8-26-12-13/h1-3,8-9,12H,4-7,10-11H2,(H,21,25). The predicted molar refractivity (Wildman–Crippen MR) is 105 cm³/mol. The number of nitrogens with one attached hydrogen (secondary N) is 1. The van der Waals surface area contributed by atoms with Crippen LogP contribution in [0.15, 0.2) is 35.0 Å². The number of nitrogens with zero attached hydrogens (tertiary/aromatic N) is 2. The lowest BCUT2D eigenvalue weighted by molar-refractivity contribution is -0.131. The lowest BCUT2D eigenvalue weighted by atomic mass is 10.2. The average Bonchev–Trinajstić information content (AvgIpc) is 3.13. The zero-order valence-corrected chi connectivity index (χ0v) is 16.4. The van der Waals surface area contributed by atoms with Gasteiger partial charge in [-0.1, -0.05) is 23.2 Å². The first-order valence-electron chi connectivity index (χ1n) is 8.27. The third-order valence-electron chi connectivity index (χ3n) is 4.29. The second-order valence-corrected chi connectivity index (χ2v) is 7.72. The maximum absolute atomic E-state index is 12.3. The summed E-state index contributed by atoms with van der Waals surface area (Å²) in [7, 11) is 0. The van der Waals surface area contributed by atoms with Gasteiger partial charge < -0.3 is 10.2 Å². The normalized spacial score (nSPS) is 15.1. The van der Waals surface area contributed by atoms with Gasteiger partial charge in [0.1, 0.15) is 0 Å². The molecule has 1 fully saturated rings. The summed E-state index contributed by atoms with van der Waals surface area (Å²) in [6, 6.07) is 6.77. The molecule has 0 bridgehead atoms. The Morgan fingerprint density at radius 2 is 1.88 bits per heavy atom. The van der Waals surface area contributed by atoms with E-state index in [0.29, 0.717) is 23.7 Å². The average molecular weight is 412 g/mol. The van der Waals surface area contributed by atoms with Crippen molar-refractivity contribution in [1.29, 1.82) is 0 Å². The van der Waals surface area contributed by atoms with Crippen LogP contribution in [0.25, 0.3) is 0 Å². The third kappa shape index (κ3) is 4.98. The highest BCUT2D eigenvalue weighted by Crippen LogP contribution is 2.20. The van der Waals surface area contributed by atoms with E-state index in [1.54, 1.807) is 28.4 Å². The van der Waals surface area contributed by atoms with Crippen molar-refractivity contribution >= 4 is 46.4 Å². The van der Waals surface area contributed by atoms with E-state index >= 15 is 0 Å². The zero-order valence-electron chi connectivity index (χ0n) is 14.1. The van der Waals surface area contributed by atoms with Crippen molar-refractivity contribution in [2.24, 2.45) is 0 Å². The predicted octanol–water partition coefficient (Wildman–Crippen LogP) is 3.13. The number of hydrogen-bond donors (Lipinski definition) is 1. The summed E-state index contributed by atoms with van der Waals surface area (Å²) in [5.41, 5.74) is 1.62. The highest BCUT2D eigenvalue weighted by Gasteiger charge is 2.22. The number of hydrogen-bond acceptors (Lipinski definition) is 4. The monoisotopic (exact) mass is 411 g/mol. The molecule has 0 spiro atoms. The Kier molecular flexibility index (Phi) is 6.53. The molecule has 2 amide bonds. The molecule has 0 radical (unpaired) electrons. The Morgan fingerprint density at radius 1 is 1.12 bits per heavy atom. The number of benzene rings is 1. The van der Waals surface area contributed by atoms with Crippen LogP contribution in [0.4, 0.5) is 0 Å². The molecule has 1 aliphatic rings. The van der Waals surface area contributed by atoms with Crippen LogP contribution in [0, 0.1) is 0 Å². The van der Waals surface area contributed by atoms with E-state index in [-0.39, 0.29) is 23.4 Å². The number of piperazine rings is 1. The van der Waals surface area contributed by atoms with E-state index in [9.17, 15) is 9.59 Å². The Labute approximate surface area is 166 Å². The zero-order chi connectivity index (χ0) is 18.5.